The van der Waals surface area contributed by atoms with E-state index in [1.807, 2.05) is 20.8 Å². The molecule has 0 aliphatic carbocycles. The number of carbonyl (C=O) groups excluding carboxylic acids is 3. The fraction of sp³-hybridized carbons (Fsp3) is 0.400. The van der Waals surface area contributed by atoms with Crippen LogP contribution >= 0.6 is 0 Å². The fourth-order valence-corrected chi connectivity index (χ4v) is 6.40. The summed E-state index contributed by atoms with van der Waals surface area (Å²) in [6.45, 7) is 9.92. The predicted molar refractivity (Wildman–Crippen MR) is 177 cm³/mol. The summed E-state index contributed by atoms with van der Waals surface area (Å²) < 4.78 is 56.2. The van der Waals surface area contributed by atoms with Crippen molar-refractivity contribution in [3.8, 4) is 23.0 Å². The molecule has 4 rings (SSSR count). The smallest absolute Gasteiger partial charge is 0.327 e. The highest BCUT2D eigenvalue weighted by molar-refractivity contribution is 7.89. The van der Waals surface area contributed by atoms with Crippen molar-refractivity contribution in [1.29, 1.82) is 0 Å². The average molecular weight is 683 g/mol. The van der Waals surface area contributed by atoms with Crippen molar-refractivity contribution < 1.29 is 46.5 Å². The number of benzene rings is 3. The lowest BCUT2D eigenvalue weighted by Gasteiger charge is -2.25. The topological polar surface area (TPSA) is 161 Å². The van der Waals surface area contributed by atoms with Gasteiger partial charge < -0.3 is 29.4 Å². The lowest BCUT2D eigenvalue weighted by atomic mass is 10.0. The first-order chi connectivity index (χ1) is 22.5. The Hall–Kier alpha value is -4.78. The maximum atomic E-state index is 14.0. The highest BCUT2D eigenvalue weighted by Crippen LogP contribution is 2.43. The zero-order valence-electron chi connectivity index (χ0n) is 28.2. The summed E-state index contributed by atoms with van der Waals surface area (Å²) >= 11 is 0. The van der Waals surface area contributed by atoms with Crippen molar-refractivity contribution >= 4 is 27.8 Å². The Bertz CT molecular complexity index is 1780. The minimum absolute atomic E-state index is 0.0166. The summed E-state index contributed by atoms with van der Waals surface area (Å²) in [7, 11) is -3.05. The third-order valence-corrected chi connectivity index (χ3v) is 9.11. The van der Waals surface area contributed by atoms with Gasteiger partial charge in [-0.1, -0.05) is 39.3 Å². The number of aryl methyl sites for hydroxylation is 1. The Kier molecular flexibility index (Phi) is 10.9. The number of carbonyl (C=O) groups is 3. The summed E-state index contributed by atoms with van der Waals surface area (Å²) in [4.78, 5) is 39.4. The Balaban J connectivity index is 1.72. The molecule has 0 spiro atoms. The van der Waals surface area contributed by atoms with Crippen molar-refractivity contribution in [2.75, 3.05) is 20.4 Å². The first-order valence-electron chi connectivity index (χ1n) is 15.5. The van der Waals surface area contributed by atoms with Crippen LogP contribution in [0.15, 0.2) is 59.5 Å². The maximum absolute atomic E-state index is 14.0. The van der Waals surface area contributed by atoms with Gasteiger partial charge in [-0.2, -0.15) is 0 Å². The van der Waals surface area contributed by atoms with Crippen molar-refractivity contribution in [1.82, 2.24) is 4.31 Å². The second kappa shape index (κ2) is 14.5. The number of amides is 2. The molecule has 12 nitrogen and oxygen atoms in total. The van der Waals surface area contributed by atoms with E-state index in [1.54, 1.807) is 45.0 Å². The second-order valence-corrected chi connectivity index (χ2v) is 14.4. The standard InChI is InChI=1S/C35H42N2O10S/c1-8-9-23-16-24(12-15-27(23)46-31(33(36)39)25-17-28(43-7)32-29(18-25)44-20-45-32)34(40)37(19-30(38)47-35(4,5)6)48(41,42)26-13-10-22(11-14-26)21(2)3/h10-18,21,31H,8-9,19-20H2,1-7H3,(H2,36,39). The van der Waals surface area contributed by atoms with E-state index >= 15 is 0 Å². The monoisotopic (exact) mass is 682 g/mol. The Morgan fingerprint density at radius 3 is 2.23 bits per heavy atom. The molecule has 1 aliphatic rings. The molecule has 3 aromatic carbocycles. The molecule has 2 amide bonds. The number of hydrogen-bond donors (Lipinski definition) is 1. The molecule has 1 aliphatic heterocycles. The Morgan fingerprint density at radius 1 is 0.958 bits per heavy atom. The Morgan fingerprint density at radius 2 is 1.65 bits per heavy atom. The first kappa shape index (κ1) is 36.1. The van der Waals surface area contributed by atoms with Crippen molar-refractivity contribution in [2.45, 2.75) is 76.9 Å². The highest BCUT2D eigenvalue weighted by Gasteiger charge is 2.34. The van der Waals surface area contributed by atoms with Gasteiger partial charge in [-0.3, -0.25) is 14.4 Å². The number of ether oxygens (including phenoxy) is 5. The summed E-state index contributed by atoms with van der Waals surface area (Å²) in [6, 6.07) is 13.6. The molecule has 0 saturated carbocycles. The van der Waals surface area contributed by atoms with E-state index in [4.69, 9.17) is 29.4 Å². The maximum Gasteiger partial charge on any atom is 0.327 e. The molecular formula is C35H42N2O10S. The van der Waals surface area contributed by atoms with E-state index in [1.165, 1.54) is 37.4 Å². The van der Waals surface area contributed by atoms with E-state index < -0.39 is 46.1 Å². The second-order valence-electron chi connectivity index (χ2n) is 12.6. The quantitative estimate of drug-likeness (QED) is 0.235. The van der Waals surface area contributed by atoms with Gasteiger partial charge in [0.1, 0.15) is 17.9 Å². The number of nitrogens with zero attached hydrogens (tertiary/aromatic N) is 1. The molecule has 0 bridgehead atoms. The molecular weight excluding hydrogens is 640 g/mol. The normalized spacial score (nSPS) is 13.2. The number of fused-ring (bicyclic) bond motifs is 1. The van der Waals surface area contributed by atoms with Gasteiger partial charge >= 0.3 is 5.97 Å². The molecule has 0 aromatic heterocycles. The van der Waals surface area contributed by atoms with Crippen LogP contribution in [0.5, 0.6) is 23.0 Å². The van der Waals surface area contributed by atoms with E-state index in [0.717, 1.165) is 5.56 Å². The van der Waals surface area contributed by atoms with Gasteiger partial charge in [-0.05, 0) is 86.7 Å². The van der Waals surface area contributed by atoms with E-state index in [2.05, 4.69) is 0 Å². The molecule has 48 heavy (non-hydrogen) atoms. The number of rotatable bonds is 13. The van der Waals surface area contributed by atoms with Crippen molar-refractivity contribution in [3.63, 3.8) is 0 Å². The van der Waals surface area contributed by atoms with Gasteiger partial charge in [0.15, 0.2) is 11.5 Å². The molecule has 1 heterocycles. The van der Waals surface area contributed by atoms with Gasteiger partial charge in [-0.25, -0.2) is 12.7 Å². The molecule has 0 radical (unpaired) electrons. The Labute approximate surface area is 281 Å². The molecule has 1 unspecified atom stereocenters. The minimum Gasteiger partial charge on any atom is -0.493 e. The van der Waals surface area contributed by atoms with Crippen molar-refractivity contribution in [2.24, 2.45) is 5.73 Å². The predicted octanol–water partition coefficient (Wildman–Crippen LogP) is 5.28. The summed E-state index contributed by atoms with van der Waals surface area (Å²) in [5.41, 5.74) is 6.61. The van der Waals surface area contributed by atoms with Crippen LogP contribution in [0, 0.1) is 0 Å². The van der Waals surface area contributed by atoms with Gasteiger partial charge in [0.05, 0.1) is 12.0 Å². The fourth-order valence-electron chi connectivity index (χ4n) is 5.06. The van der Waals surface area contributed by atoms with Gasteiger partial charge in [0.2, 0.25) is 18.6 Å². The van der Waals surface area contributed by atoms with Crippen LogP contribution in [-0.4, -0.2) is 56.6 Å². The zero-order valence-corrected chi connectivity index (χ0v) is 29.0. The van der Waals surface area contributed by atoms with Crippen LogP contribution < -0.4 is 24.7 Å². The SMILES string of the molecule is CCCc1cc(C(=O)N(CC(=O)OC(C)(C)C)S(=O)(=O)c2ccc(C(C)C)cc2)ccc1OC(C(N)=O)c1cc(OC)c2c(c1)OCO2. The average Bonchev–Trinajstić information content (AvgIpc) is 3.50. The van der Waals surface area contributed by atoms with Gasteiger partial charge in [-0.15, -0.1) is 0 Å². The number of esters is 1. The lowest BCUT2D eigenvalue weighted by Crippen LogP contribution is -2.42. The molecule has 1 atom stereocenters. The van der Waals surface area contributed by atoms with E-state index in [-0.39, 0.29) is 28.9 Å². The van der Waals surface area contributed by atoms with E-state index in [9.17, 15) is 22.8 Å². The number of sulfonamides is 1. The van der Waals surface area contributed by atoms with Crippen molar-refractivity contribution in [3.05, 3.63) is 76.9 Å². The zero-order chi connectivity index (χ0) is 35.4. The largest absolute Gasteiger partial charge is 0.493 e. The number of hydrogen-bond acceptors (Lipinski definition) is 10. The van der Waals surface area contributed by atoms with Crippen LogP contribution in [0.1, 0.15) is 87.0 Å². The van der Waals surface area contributed by atoms with Crippen LogP contribution in [0.2, 0.25) is 0 Å². The summed E-state index contributed by atoms with van der Waals surface area (Å²) in [6.07, 6.45) is -0.250. The van der Waals surface area contributed by atoms with Crippen LogP contribution in [0.25, 0.3) is 0 Å². The third-order valence-electron chi connectivity index (χ3n) is 7.37. The molecule has 258 valence electrons. The van der Waals surface area contributed by atoms with Gasteiger partial charge in [0, 0.05) is 11.1 Å². The first-order valence-corrected chi connectivity index (χ1v) is 16.9. The van der Waals surface area contributed by atoms with Crippen LogP contribution in [0.4, 0.5) is 0 Å². The van der Waals surface area contributed by atoms with Crippen LogP contribution in [-0.2, 0) is 30.8 Å². The summed E-state index contributed by atoms with van der Waals surface area (Å²) in [5.74, 6) is -1.15. The van der Waals surface area contributed by atoms with Gasteiger partial charge in [0.25, 0.3) is 21.8 Å². The molecule has 0 fully saturated rings. The number of methoxy groups -OCH3 is 1. The summed E-state index contributed by atoms with van der Waals surface area (Å²) in [5, 5.41) is 0. The number of primary amides is 1. The van der Waals surface area contributed by atoms with E-state index in [0.29, 0.717) is 45.5 Å². The molecule has 3 aromatic rings. The molecule has 0 saturated heterocycles. The lowest BCUT2D eigenvalue weighted by molar-refractivity contribution is -0.154. The van der Waals surface area contributed by atoms with Crippen LogP contribution in [0.3, 0.4) is 0 Å². The third kappa shape index (κ3) is 8.19. The molecule has 2 N–H and O–H groups in total. The minimum atomic E-state index is -4.50. The molecule has 13 heteroatoms. The highest BCUT2D eigenvalue weighted by atomic mass is 32.2. The number of nitrogens with two attached hydrogens (primary N) is 1.